The minimum absolute atomic E-state index is 0.196. The topological polar surface area (TPSA) is 40.5 Å². The molecule has 2 atom stereocenters. The molecule has 0 saturated heterocycles. The van der Waals surface area contributed by atoms with E-state index in [2.05, 4.69) is 12.6 Å². The quantitative estimate of drug-likeness (QED) is 0.717. The van der Waals surface area contributed by atoms with Crippen LogP contribution in [0.5, 0.6) is 0 Å². The average molecular weight is 251 g/mol. The first kappa shape index (κ1) is 12.8. The molecule has 1 aromatic rings. The van der Waals surface area contributed by atoms with E-state index >= 15 is 0 Å². The molecule has 0 fully saturated rings. The van der Waals surface area contributed by atoms with Gasteiger partial charge in [0.05, 0.1) is 6.10 Å². The van der Waals surface area contributed by atoms with Gasteiger partial charge in [0.1, 0.15) is 11.9 Å². The molecular formula is C10H12ClFO2S. The van der Waals surface area contributed by atoms with Crippen LogP contribution in [0.4, 0.5) is 4.39 Å². The van der Waals surface area contributed by atoms with E-state index in [9.17, 15) is 14.6 Å². The van der Waals surface area contributed by atoms with Gasteiger partial charge in [-0.05, 0) is 35.9 Å². The Bertz CT molecular complexity index is 315. The summed E-state index contributed by atoms with van der Waals surface area (Å²) < 4.78 is 12.9. The van der Waals surface area contributed by atoms with E-state index in [1.807, 2.05) is 0 Å². The third-order valence-electron chi connectivity index (χ3n) is 2.02. The van der Waals surface area contributed by atoms with Gasteiger partial charge in [0.2, 0.25) is 0 Å². The number of rotatable bonds is 4. The highest BCUT2D eigenvalue weighted by atomic mass is 35.5. The normalized spacial score (nSPS) is 15.0. The Balaban J connectivity index is 2.85. The third-order valence-corrected chi connectivity index (χ3v) is 2.49. The number of hydrogen-bond donors (Lipinski definition) is 3. The van der Waals surface area contributed by atoms with Crippen LogP contribution in [0.15, 0.2) is 18.2 Å². The Morgan fingerprint density at radius 3 is 2.53 bits per heavy atom. The minimum atomic E-state index is -1.13. The molecule has 1 rings (SSSR count). The molecule has 0 bridgehead atoms. The van der Waals surface area contributed by atoms with Gasteiger partial charge in [-0.1, -0.05) is 11.6 Å². The van der Waals surface area contributed by atoms with Crippen molar-refractivity contribution < 1.29 is 14.6 Å². The molecule has 84 valence electrons. The fourth-order valence-corrected chi connectivity index (χ4v) is 1.75. The highest BCUT2D eigenvalue weighted by Crippen LogP contribution is 2.23. The zero-order chi connectivity index (χ0) is 11.4. The lowest BCUT2D eigenvalue weighted by Gasteiger charge is -2.17. The number of benzene rings is 1. The van der Waals surface area contributed by atoms with Crippen molar-refractivity contribution in [2.75, 3.05) is 5.75 Å². The van der Waals surface area contributed by atoms with Crippen molar-refractivity contribution in [3.8, 4) is 0 Å². The molecule has 0 heterocycles. The number of hydrogen-bond acceptors (Lipinski definition) is 3. The zero-order valence-electron chi connectivity index (χ0n) is 7.90. The van der Waals surface area contributed by atoms with Gasteiger partial charge in [-0.15, -0.1) is 0 Å². The van der Waals surface area contributed by atoms with E-state index in [4.69, 9.17) is 11.6 Å². The largest absolute Gasteiger partial charge is 0.390 e. The minimum Gasteiger partial charge on any atom is -0.390 e. The summed E-state index contributed by atoms with van der Waals surface area (Å²) in [6.07, 6.45) is -1.76. The molecule has 0 aliphatic heterocycles. The smallest absolute Gasteiger partial charge is 0.125 e. The van der Waals surface area contributed by atoms with Gasteiger partial charge in [0.25, 0.3) is 0 Å². The van der Waals surface area contributed by atoms with Gasteiger partial charge in [0, 0.05) is 5.02 Å². The van der Waals surface area contributed by atoms with Crippen molar-refractivity contribution in [1.82, 2.24) is 0 Å². The maximum Gasteiger partial charge on any atom is 0.125 e. The first-order valence-corrected chi connectivity index (χ1v) is 5.48. The van der Waals surface area contributed by atoms with Crippen LogP contribution < -0.4 is 0 Å². The number of aliphatic hydroxyl groups excluding tert-OH is 2. The molecule has 0 radical (unpaired) electrons. The molecular weight excluding hydrogens is 239 g/mol. The molecule has 0 aliphatic rings. The van der Waals surface area contributed by atoms with Crippen LogP contribution >= 0.6 is 24.2 Å². The van der Waals surface area contributed by atoms with Crippen molar-refractivity contribution in [2.24, 2.45) is 0 Å². The summed E-state index contributed by atoms with van der Waals surface area (Å²) in [4.78, 5) is 0. The molecule has 5 heteroatoms. The molecule has 2 N–H and O–H groups in total. The summed E-state index contributed by atoms with van der Waals surface area (Å²) >= 11 is 9.56. The van der Waals surface area contributed by atoms with Gasteiger partial charge in [-0.2, -0.15) is 12.6 Å². The summed E-state index contributed by atoms with van der Waals surface area (Å²) in [5.41, 5.74) is 0.272. The van der Waals surface area contributed by atoms with Crippen molar-refractivity contribution in [3.63, 3.8) is 0 Å². The van der Waals surface area contributed by atoms with E-state index in [-0.39, 0.29) is 10.6 Å². The van der Waals surface area contributed by atoms with Crippen molar-refractivity contribution in [2.45, 2.75) is 18.6 Å². The Morgan fingerprint density at radius 2 is 2.00 bits per heavy atom. The lowest BCUT2D eigenvalue weighted by molar-refractivity contribution is 0.0171. The van der Waals surface area contributed by atoms with Gasteiger partial charge < -0.3 is 10.2 Å². The molecule has 2 unspecified atom stereocenters. The summed E-state index contributed by atoms with van der Waals surface area (Å²) in [7, 11) is 0. The Kier molecular flexibility index (Phi) is 4.86. The fraction of sp³-hybridized carbons (Fsp3) is 0.400. The molecule has 1 aromatic carbocycles. The van der Waals surface area contributed by atoms with Crippen LogP contribution in [0.3, 0.4) is 0 Å². The molecule has 0 spiro atoms. The first-order valence-electron chi connectivity index (χ1n) is 4.47. The first-order chi connectivity index (χ1) is 7.04. The maximum atomic E-state index is 12.9. The van der Waals surface area contributed by atoms with E-state index < -0.39 is 18.0 Å². The molecule has 2 nitrogen and oxygen atoms in total. The lowest BCUT2D eigenvalue weighted by atomic mass is 10.0. The second kappa shape index (κ2) is 5.70. The predicted octanol–water partition coefficient (Wildman–Crippen LogP) is 2.19. The third kappa shape index (κ3) is 3.65. The van der Waals surface area contributed by atoms with Crippen LogP contribution in [-0.4, -0.2) is 22.1 Å². The van der Waals surface area contributed by atoms with E-state index in [0.29, 0.717) is 12.2 Å². The highest BCUT2D eigenvalue weighted by molar-refractivity contribution is 7.80. The van der Waals surface area contributed by atoms with Crippen LogP contribution in [0.25, 0.3) is 0 Å². The molecule has 0 aromatic heterocycles. The number of halogens is 2. The Morgan fingerprint density at radius 1 is 1.33 bits per heavy atom. The molecule has 0 aliphatic carbocycles. The summed E-state index contributed by atoms with van der Waals surface area (Å²) in [6.45, 7) is 0. The summed E-state index contributed by atoms with van der Waals surface area (Å²) in [5, 5.41) is 19.3. The zero-order valence-corrected chi connectivity index (χ0v) is 9.55. The van der Waals surface area contributed by atoms with Crippen LogP contribution in [0, 0.1) is 5.82 Å². The molecule has 15 heavy (non-hydrogen) atoms. The Labute approximate surface area is 98.1 Å². The van der Waals surface area contributed by atoms with E-state index in [0.717, 1.165) is 12.1 Å². The SMILES string of the molecule is OC(CCS)C(O)c1cc(F)cc(Cl)c1. The van der Waals surface area contributed by atoms with Gasteiger partial charge in [-0.3, -0.25) is 0 Å². The predicted molar refractivity (Wildman–Crippen MR) is 60.8 cm³/mol. The lowest BCUT2D eigenvalue weighted by Crippen LogP contribution is -2.18. The van der Waals surface area contributed by atoms with E-state index in [1.54, 1.807) is 0 Å². The monoisotopic (exact) mass is 250 g/mol. The van der Waals surface area contributed by atoms with Gasteiger partial charge in [0.15, 0.2) is 0 Å². The second-order valence-electron chi connectivity index (χ2n) is 3.23. The summed E-state index contributed by atoms with van der Waals surface area (Å²) in [6, 6.07) is 3.72. The van der Waals surface area contributed by atoms with Crippen LogP contribution in [-0.2, 0) is 0 Å². The Hall–Kier alpha value is -0.290. The van der Waals surface area contributed by atoms with Crippen LogP contribution in [0.2, 0.25) is 5.02 Å². The van der Waals surface area contributed by atoms with Crippen molar-refractivity contribution in [1.29, 1.82) is 0 Å². The summed E-state index contributed by atoms with van der Waals surface area (Å²) in [5.74, 6) is -0.0870. The van der Waals surface area contributed by atoms with E-state index in [1.165, 1.54) is 6.07 Å². The average Bonchev–Trinajstić information content (AvgIpc) is 2.15. The van der Waals surface area contributed by atoms with Gasteiger partial charge in [-0.25, -0.2) is 4.39 Å². The number of thiol groups is 1. The van der Waals surface area contributed by atoms with Crippen molar-refractivity contribution in [3.05, 3.63) is 34.6 Å². The van der Waals surface area contributed by atoms with Crippen LogP contribution in [0.1, 0.15) is 18.1 Å². The second-order valence-corrected chi connectivity index (χ2v) is 4.11. The highest BCUT2D eigenvalue weighted by Gasteiger charge is 2.18. The van der Waals surface area contributed by atoms with Crippen molar-refractivity contribution >= 4 is 24.2 Å². The maximum absolute atomic E-state index is 12.9. The van der Waals surface area contributed by atoms with Gasteiger partial charge >= 0.3 is 0 Å². The molecule has 0 amide bonds. The standard InChI is InChI=1S/C10H12ClFO2S/c11-7-3-6(4-8(12)5-7)10(14)9(13)1-2-15/h3-5,9-10,13-15H,1-2H2. The fourth-order valence-electron chi connectivity index (χ4n) is 1.26. The number of aliphatic hydroxyl groups is 2. The molecule has 0 saturated carbocycles.